The summed E-state index contributed by atoms with van der Waals surface area (Å²) in [5.74, 6) is 0.708. The summed E-state index contributed by atoms with van der Waals surface area (Å²) < 4.78 is 0. The Morgan fingerprint density at radius 3 is 2.69 bits per heavy atom. The van der Waals surface area contributed by atoms with E-state index >= 15 is 0 Å². The molecule has 1 fully saturated rings. The van der Waals surface area contributed by atoms with Gasteiger partial charge in [-0.1, -0.05) is 31.0 Å². The fraction of sp³-hybridized carbons (Fsp3) is 0.417. The molecule has 1 saturated carbocycles. The van der Waals surface area contributed by atoms with Crippen LogP contribution >= 0.6 is 0 Å². The van der Waals surface area contributed by atoms with Gasteiger partial charge in [0.25, 0.3) is 0 Å². The standard InChI is InChI=1S/C12H14O/c13-9-10-4-3-7-12(8-10)11-5-1-2-6-11/h3-4,7-9,11H,1-2,5-6H2. The molecule has 0 saturated heterocycles. The molecule has 0 atom stereocenters. The molecule has 1 aromatic carbocycles. The van der Waals surface area contributed by atoms with Crippen LogP contribution in [0.1, 0.15) is 47.5 Å². The highest BCUT2D eigenvalue weighted by molar-refractivity contribution is 5.75. The van der Waals surface area contributed by atoms with Gasteiger partial charge in [0.15, 0.2) is 0 Å². The van der Waals surface area contributed by atoms with Gasteiger partial charge in [-0.25, -0.2) is 0 Å². The molecule has 0 spiro atoms. The van der Waals surface area contributed by atoms with Crippen molar-refractivity contribution >= 4 is 6.29 Å². The zero-order valence-electron chi connectivity index (χ0n) is 7.70. The molecule has 0 radical (unpaired) electrons. The molecular formula is C12H14O. The Balaban J connectivity index is 2.23. The zero-order chi connectivity index (χ0) is 9.10. The molecule has 1 heteroatoms. The van der Waals surface area contributed by atoms with Crippen LogP contribution in [0, 0.1) is 0 Å². The minimum absolute atomic E-state index is 0.708. The summed E-state index contributed by atoms with van der Waals surface area (Å²) in [5.41, 5.74) is 2.16. The third-order valence-electron chi connectivity index (χ3n) is 2.87. The van der Waals surface area contributed by atoms with Gasteiger partial charge in [0.05, 0.1) is 0 Å². The van der Waals surface area contributed by atoms with Crippen LogP contribution in [0.15, 0.2) is 24.3 Å². The predicted octanol–water partition coefficient (Wildman–Crippen LogP) is 3.16. The Labute approximate surface area is 78.8 Å². The van der Waals surface area contributed by atoms with Crippen molar-refractivity contribution in [2.45, 2.75) is 31.6 Å². The summed E-state index contributed by atoms with van der Waals surface area (Å²) in [4.78, 5) is 10.6. The van der Waals surface area contributed by atoms with Crippen LogP contribution in [0.2, 0.25) is 0 Å². The number of aldehydes is 1. The van der Waals surface area contributed by atoms with E-state index in [1.54, 1.807) is 0 Å². The van der Waals surface area contributed by atoms with Crippen LogP contribution in [0.3, 0.4) is 0 Å². The van der Waals surface area contributed by atoms with E-state index in [2.05, 4.69) is 6.07 Å². The van der Waals surface area contributed by atoms with Crippen molar-refractivity contribution in [3.8, 4) is 0 Å². The van der Waals surface area contributed by atoms with Crippen molar-refractivity contribution in [2.24, 2.45) is 0 Å². The summed E-state index contributed by atoms with van der Waals surface area (Å²) in [6.45, 7) is 0. The lowest BCUT2D eigenvalue weighted by molar-refractivity contribution is 0.112. The van der Waals surface area contributed by atoms with E-state index in [0.717, 1.165) is 11.8 Å². The van der Waals surface area contributed by atoms with Crippen molar-refractivity contribution in [2.75, 3.05) is 0 Å². The summed E-state index contributed by atoms with van der Waals surface area (Å²) in [6, 6.07) is 8.02. The van der Waals surface area contributed by atoms with Gasteiger partial charge in [-0.2, -0.15) is 0 Å². The topological polar surface area (TPSA) is 17.1 Å². The second-order valence-electron chi connectivity index (χ2n) is 3.77. The smallest absolute Gasteiger partial charge is 0.150 e. The molecule has 2 rings (SSSR count). The molecule has 68 valence electrons. The Morgan fingerprint density at radius 1 is 1.23 bits per heavy atom. The Bertz CT molecular complexity index is 298. The van der Waals surface area contributed by atoms with Gasteiger partial charge in [-0.05, 0) is 30.4 Å². The van der Waals surface area contributed by atoms with E-state index in [9.17, 15) is 4.79 Å². The lowest BCUT2D eigenvalue weighted by Crippen LogP contribution is -1.92. The molecule has 0 amide bonds. The molecule has 0 N–H and O–H groups in total. The maximum Gasteiger partial charge on any atom is 0.150 e. The number of carbonyl (C=O) groups excluding carboxylic acids is 1. The summed E-state index contributed by atoms with van der Waals surface area (Å²) in [5, 5.41) is 0. The normalized spacial score (nSPS) is 17.5. The number of benzene rings is 1. The average molecular weight is 174 g/mol. The second-order valence-corrected chi connectivity index (χ2v) is 3.77. The van der Waals surface area contributed by atoms with E-state index in [-0.39, 0.29) is 0 Å². The van der Waals surface area contributed by atoms with E-state index in [1.807, 2.05) is 18.2 Å². The van der Waals surface area contributed by atoms with Crippen LogP contribution in [0.5, 0.6) is 0 Å². The molecular weight excluding hydrogens is 160 g/mol. The molecule has 1 aromatic rings. The largest absolute Gasteiger partial charge is 0.298 e. The van der Waals surface area contributed by atoms with Gasteiger partial charge >= 0.3 is 0 Å². The second kappa shape index (κ2) is 3.73. The monoisotopic (exact) mass is 174 g/mol. The summed E-state index contributed by atoms with van der Waals surface area (Å²) in [6.07, 6.45) is 6.20. The lowest BCUT2D eigenvalue weighted by Gasteiger charge is -2.08. The van der Waals surface area contributed by atoms with Gasteiger partial charge in [0.1, 0.15) is 6.29 Å². The van der Waals surface area contributed by atoms with Gasteiger partial charge in [-0.15, -0.1) is 0 Å². The fourth-order valence-electron chi connectivity index (χ4n) is 2.15. The van der Waals surface area contributed by atoms with Gasteiger partial charge in [0.2, 0.25) is 0 Å². The molecule has 0 aromatic heterocycles. The van der Waals surface area contributed by atoms with E-state index in [0.29, 0.717) is 5.92 Å². The first-order valence-corrected chi connectivity index (χ1v) is 4.95. The predicted molar refractivity (Wildman–Crippen MR) is 53.0 cm³/mol. The van der Waals surface area contributed by atoms with Crippen molar-refractivity contribution < 1.29 is 4.79 Å². The van der Waals surface area contributed by atoms with E-state index in [4.69, 9.17) is 0 Å². The Morgan fingerprint density at radius 2 is 2.00 bits per heavy atom. The van der Waals surface area contributed by atoms with Gasteiger partial charge in [-0.3, -0.25) is 4.79 Å². The zero-order valence-corrected chi connectivity index (χ0v) is 7.70. The third-order valence-corrected chi connectivity index (χ3v) is 2.87. The lowest BCUT2D eigenvalue weighted by atomic mass is 9.96. The van der Waals surface area contributed by atoms with Crippen LogP contribution < -0.4 is 0 Å². The third kappa shape index (κ3) is 1.80. The number of carbonyl (C=O) groups is 1. The van der Waals surface area contributed by atoms with Crippen LogP contribution in [-0.4, -0.2) is 6.29 Å². The number of hydrogen-bond acceptors (Lipinski definition) is 1. The first-order chi connectivity index (χ1) is 6.40. The number of rotatable bonds is 2. The van der Waals surface area contributed by atoms with Crippen LogP contribution in [-0.2, 0) is 0 Å². The highest BCUT2D eigenvalue weighted by Gasteiger charge is 2.16. The Kier molecular flexibility index (Phi) is 2.44. The molecule has 0 aliphatic heterocycles. The maximum atomic E-state index is 10.6. The summed E-state index contributed by atoms with van der Waals surface area (Å²) >= 11 is 0. The molecule has 1 aliphatic carbocycles. The van der Waals surface area contributed by atoms with Crippen molar-refractivity contribution in [1.82, 2.24) is 0 Å². The van der Waals surface area contributed by atoms with E-state index < -0.39 is 0 Å². The SMILES string of the molecule is O=Cc1cccc(C2CCCC2)c1. The number of hydrogen-bond donors (Lipinski definition) is 0. The average Bonchev–Trinajstić information content (AvgIpc) is 2.71. The highest BCUT2D eigenvalue weighted by Crippen LogP contribution is 2.33. The molecule has 0 bridgehead atoms. The first kappa shape index (κ1) is 8.49. The molecule has 0 heterocycles. The molecule has 1 nitrogen and oxygen atoms in total. The fourth-order valence-corrected chi connectivity index (χ4v) is 2.15. The van der Waals surface area contributed by atoms with E-state index in [1.165, 1.54) is 31.2 Å². The summed E-state index contributed by atoms with van der Waals surface area (Å²) in [7, 11) is 0. The Hall–Kier alpha value is -1.11. The maximum absolute atomic E-state index is 10.6. The molecule has 0 unspecified atom stereocenters. The van der Waals surface area contributed by atoms with Gasteiger partial charge < -0.3 is 0 Å². The minimum Gasteiger partial charge on any atom is -0.298 e. The highest BCUT2D eigenvalue weighted by atomic mass is 16.1. The van der Waals surface area contributed by atoms with Crippen LogP contribution in [0.4, 0.5) is 0 Å². The van der Waals surface area contributed by atoms with Crippen molar-refractivity contribution in [3.05, 3.63) is 35.4 Å². The minimum atomic E-state index is 0.708. The van der Waals surface area contributed by atoms with Gasteiger partial charge in [0, 0.05) is 5.56 Å². The van der Waals surface area contributed by atoms with Crippen LogP contribution in [0.25, 0.3) is 0 Å². The quantitative estimate of drug-likeness (QED) is 0.629. The molecule has 13 heavy (non-hydrogen) atoms. The first-order valence-electron chi connectivity index (χ1n) is 4.95. The molecule has 1 aliphatic rings. The van der Waals surface area contributed by atoms with Crippen molar-refractivity contribution in [1.29, 1.82) is 0 Å². The van der Waals surface area contributed by atoms with Crippen molar-refractivity contribution in [3.63, 3.8) is 0 Å².